The van der Waals surface area contributed by atoms with E-state index in [1.54, 1.807) is 0 Å². The fraction of sp³-hybridized carbons (Fsp3) is 0.412. The minimum absolute atomic E-state index is 0.511. The van der Waals surface area contributed by atoms with Gasteiger partial charge in [0.1, 0.15) is 17.3 Å². The van der Waals surface area contributed by atoms with Crippen LogP contribution >= 0.6 is 0 Å². The van der Waals surface area contributed by atoms with Crippen molar-refractivity contribution in [3.8, 4) is 0 Å². The molecule has 0 saturated carbocycles. The van der Waals surface area contributed by atoms with E-state index in [9.17, 15) is 0 Å². The number of nitrogens with one attached hydrogen (secondary N) is 1. The van der Waals surface area contributed by atoms with Crippen LogP contribution in [0.1, 0.15) is 32.0 Å². The molecule has 1 saturated heterocycles. The van der Waals surface area contributed by atoms with Crippen LogP contribution in [0.4, 0.5) is 11.5 Å². The lowest BCUT2D eigenvalue weighted by Gasteiger charge is -2.34. The maximum absolute atomic E-state index is 5.99. The molecule has 3 aromatic rings. The zero-order valence-corrected chi connectivity index (χ0v) is 13.1. The third kappa shape index (κ3) is 2.00. The monoisotopic (exact) mass is 295 g/mol. The molecule has 0 amide bonds. The molecule has 1 aliphatic rings. The summed E-state index contributed by atoms with van der Waals surface area (Å²) in [6, 6.07) is 6.47. The molecule has 3 N–H and O–H groups in total. The summed E-state index contributed by atoms with van der Waals surface area (Å²) < 4.78 is 0. The summed E-state index contributed by atoms with van der Waals surface area (Å²) in [6.07, 6.45) is 3.74. The summed E-state index contributed by atoms with van der Waals surface area (Å²) in [5, 5.41) is 2.21. The zero-order chi connectivity index (χ0) is 15.3. The predicted molar refractivity (Wildman–Crippen MR) is 91.2 cm³/mol. The molecule has 0 spiro atoms. The molecule has 4 rings (SSSR count). The number of piperidine rings is 1. The summed E-state index contributed by atoms with van der Waals surface area (Å²) >= 11 is 0. The molecule has 1 unspecified atom stereocenters. The third-order valence-electron chi connectivity index (χ3n) is 4.64. The van der Waals surface area contributed by atoms with Gasteiger partial charge in [0, 0.05) is 29.2 Å². The topological polar surface area (TPSA) is 70.8 Å². The zero-order valence-electron chi connectivity index (χ0n) is 13.1. The Morgan fingerprint density at radius 3 is 2.95 bits per heavy atom. The van der Waals surface area contributed by atoms with Gasteiger partial charge in [0.2, 0.25) is 0 Å². The van der Waals surface area contributed by atoms with Gasteiger partial charge in [-0.05, 0) is 51.3 Å². The number of aromatic nitrogens is 3. The smallest absolute Gasteiger partial charge is 0.144 e. The van der Waals surface area contributed by atoms with E-state index in [1.807, 2.05) is 25.1 Å². The van der Waals surface area contributed by atoms with Crippen molar-refractivity contribution in [1.82, 2.24) is 15.0 Å². The van der Waals surface area contributed by atoms with Gasteiger partial charge in [0.05, 0.1) is 5.39 Å². The van der Waals surface area contributed by atoms with Crippen LogP contribution in [-0.2, 0) is 0 Å². The van der Waals surface area contributed by atoms with Crippen LogP contribution in [0.5, 0.6) is 0 Å². The Morgan fingerprint density at radius 1 is 1.27 bits per heavy atom. The van der Waals surface area contributed by atoms with Gasteiger partial charge in [-0.15, -0.1) is 0 Å². The van der Waals surface area contributed by atoms with Crippen molar-refractivity contribution >= 4 is 33.4 Å². The van der Waals surface area contributed by atoms with Crippen molar-refractivity contribution in [2.75, 3.05) is 17.2 Å². The Balaban J connectivity index is 2.03. The largest absolute Gasteiger partial charge is 0.399 e. The summed E-state index contributed by atoms with van der Waals surface area (Å²) in [6.45, 7) is 5.30. The highest BCUT2D eigenvalue weighted by molar-refractivity contribution is 6.12. The number of aromatic amines is 1. The predicted octanol–water partition coefficient (Wildman–Crippen LogP) is 3.38. The van der Waals surface area contributed by atoms with E-state index in [4.69, 9.17) is 10.7 Å². The molecule has 2 aromatic heterocycles. The fourth-order valence-corrected chi connectivity index (χ4v) is 3.52. The van der Waals surface area contributed by atoms with Gasteiger partial charge >= 0.3 is 0 Å². The van der Waals surface area contributed by atoms with Crippen molar-refractivity contribution in [3.05, 3.63) is 24.0 Å². The average molecular weight is 295 g/mol. The summed E-state index contributed by atoms with van der Waals surface area (Å²) in [4.78, 5) is 15.2. The minimum Gasteiger partial charge on any atom is -0.399 e. The molecular formula is C17H21N5. The Hall–Kier alpha value is -2.30. The molecule has 1 atom stereocenters. The first-order chi connectivity index (χ1) is 10.6. The van der Waals surface area contributed by atoms with E-state index in [-0.39, 0.29) is 0 Å². The molecular weight excluding hydrogens is 274 g/mol. The van der Waals surface area contributed by atoms with Crippen LogP contribution < -0.4 is 10.6 Å². The number of benzene rings is 1. The van der Waals surface area contributed by atoms with Gasteiger partial charge in [-0.3, -0.25) is 0 Å². The molecule has 0 aliphatic carbocycles. The third-order valence-corrected chi connectivity index (χ3v) is 4.64. The highest BCUT2D eigenvalue weighted by Crippen LogP contribution is 2.35. The first-order valence-electron chi connectivity index (χ1n) is 7.95. The Bertz CT molecular complexity index is 851. The highest BCUT2D eigenvalue weighted by atomic mass is 15.2. The van der Waals surface area contributed by atoms with Crippen molar-refractivity contribution in [3.63, 3.8) is 0 Å². The van der Waals surface area contributed by atoms with Gasteiger partial charge in [0.15, 0.2) is 0 Å². The van der Waals surface area contributed by atoms with Crippen molar-refractivity contribution < 1.29 is 0 Å². The molecule has 114 valence electrons. The number of fused-ring (bicyclic) bond motifs is 3. The number of H-pyrrole nitrogens is 1. The van der Waals surface area contributed by atoms with E-state index >= 15 is 0 Å². The molecule has 0 bridgehead atoms. The van der Waals surface area contributed by atoms with Crippen LogP contribution in [0.15, 0.2) is 18.2 Å². The first-order valence-corrected chi connectivity index (χ1v) is 7.95. The minimum atomic E-state index is 0.511. The molecule has 5 heteroatoms. The number of hydrogen-bond acceptors (Lipinski definition) is 4. The number of nitrogens with zero attached hydrogens (tertiary/aromatic N) is 3. The van der Waals surface area contributed by atoms with E-state index in [0.717, 1.165) is 45.8 Å². The van der Waals surface area contributed by atoms with Gasteiger partial charge in [-0.1, -0.05) is 0 Å². The highest BCUT2D eigenvalue weighted by Gasteiger charge is 2.24. The van der Waals surface area contributed by atoms with Crippen LogP contribution in [0.25, 0.3) is 21.9 Å². The van der Waals surface area contributed by atoms with Gasteiger partial charge in [-0.25, -0.2) is 9.97 Å². The van der Waals surface area contributed by atoms with E-state index in [2.05, 4.69) is 21.8 Å². The maximum atomic E-state index is 5.99. The van der Waals surface area contributed by atoms with Crippen LogP contribution in [0, 0.1) is 6.92 Å². The van der Waals surface area contributed by atoms with Crippen LogP contribution in [-0.4, -0.2) is 27.5 Å². The molecule has 5 nitrogen and oxygen atoms in total. The number of rotatable bonds is 1. The second-order valence-electron chi connectivity index (χ2n) is 6.29. The van der Waals surface area contributed by atoms with E-state index < -0.39 is 0 Å². The van der Waals surface area contributed by atoms with Crippen molar-refractivity contribution in [2.24, 2.45) is 0 Å². The Morgan fingerprint density at radius 2 is 2.14 bits per heavy atom. The maximum Gasteiger partial charge on any atom is 0.144 e. The number of aryl methyl sites for hydroxylation is 1. The lowest BCUT2D eigenvalue weighted by Crippen LogP contribution is -2.38. The van der Waals surface area contributed by atoms with Crippen LogP contribution in [0.3, 0.4) is 0 Å². The number of nitrogens with two attached hydrogens (primary N) is 1. The van der Waals surface area contributed by atoms with Gasteiger partial charge in [-0.2, -0.15) is 0 Å². The summed E-state index contributed by atoms with van der Waals surface area (Å²) in [5.41, 5.74) is 8.73. The molecule has 1 aromatic carbocycles. The van der Waals surface area contributed by atoms with Gasteiger partial charge < -0.3 is 15.6 Å². The molecule has 1 aliphatic heterocycles. The van der Waals surface area contributed by atoms with Gasteiger partial charge in [0.25, 0.3) is 0 Å². The number of nitrogen functional groups attached to an aromatic ring is 1. The molecule has 22 heavy (non-hydrogen) atoms. The summed E-state index contributed by atoms with van der Waals surface area (Å²) in [5.74, 6) is 1.85. The van der Waals surface area contributed by atoms with Crippen molar-refractivity contribution in [2.45, 2.75) is 39.2 Å². The second kappa shape index (κ2) is 4.87. The Labute approximate surface area is 129 Å². The fourth-order valence-electron chi connectivity index (χ4n) is 3.52. The quantitative estimate of drug-likeness (QED) is 0.675. The molecule has 1 fully saturated rings. The number of anilines is 2. The SMILES string of the molecule is Cc1nc(N2CCCCC2C)c2c(n1)[nH]c1ccc(N)cc12. The normalized spacial score (nSPS) is 19.2. The van der Waals surface area contributed by atoms with Crippen molar-refractivity contribution in [1.29, 1.82) is 0 Å². The number of hydrogen-bond donors (Lipinski definition) is 2. The first kappa shape index (κ1) is 13.4. The van der Waals surface area contributed by atoms with E-state index in [1.165, 1.54) is 19.3 Å². The Kier molecular flexibility index (Phi) is 2.96. The van der Waals surface area contributed by atoms with E-state index in [0.29, 0.717) is 6.04 Å². The second-order valence-corrected chi connectivity index (χ2v) is 6.29. The molecule has 3 heterocycles. The summed E-state index contributed by atoms with van der Waals surface area (Å²) in [7, 11) is 0. The lowest BCUT2D eigenvalue weighted by molar-refractivity contribution is 0.482. The lowest BCUT2D eigenvalue weighted by atomic mass is 10.0. The van der Waals surface area contributed by atoms with Crippen LogP contribution in [0.2, 0.25) is 0 Å². The standard InChI is InChI=1S/C17H21N5/c1-10-5-3-4-8-22(10)17-15-13-9-12(18)6-7-14(13)21-16(15)19-11(2)20-17/h6-7,9-10H,3-5,8,18H2,1-2H3,(H,19,20,21). The molecule has 0 radical (unpaired) electrons. The average Bonchev–Trinajstić information content (AvgIpc) is 2.84.